The predicted octanol–water partition coefficient (Wildman–Crippen LogP) is 0.0930. The van der Waals surface area contributed by atoms with E-state index in [2.05, 4.69) is 16.6 Å². The Morgan fingerprint density at radius 1 is 1.80 bits per heavy atom. The molecule has 54 valence electrons. The lowest BCUT2D eigenvalue weighted by molar-refractivity contribution is 0.309. The van der Waals surface area contributed by atoms with Crippen molar-refractivity contribution < 1.29 is 0 Å². The van der Waals surface area contributed by atoms with E-state index in [0.29, 0.717) is 6.04 Å². The van der Waals surface area contributed by atoms with Crippen LogP contribution in [0.4, 0.5) is 0 Å². The summed E-state index contributed by atoms with van der Waals surface area (Å²) in [5.74, 6) is 0. The Hall–Kier alpha value is -1.24. The van der Waals surface area contributed by atoms with Gasteiger partial charge in [0, 0.05) is 6.04 Å². The number of nitriles is 1. The molecule has 0 fully saturated rings. The summed E-state index contributed by atoms with van der Waals surface area (Å²) in [6.45, 7) is 4.03. The highest BCUT2D eigenvalue weighted by Crippen LogP contribution is 2.03. The maximum absolute atomic E-state index is 8.55. The summed E-state index contributed by atoms with van der Waals surface area (Å²) in [5.41, 5.74) is 2.67. The average Bonchev–Trinajstić information content (AvgIpc) is 2.33. The second kappa shape index (κ2) is 2.56. The molecule has 4 heteroatoms. The van der Waals surface area contributed by atoms with Crippen LogP contribution in [0.3, 0.4) is 0 Å². The molecular weight excluding hydrogens is 128 g/mol. The van der Waals surface area contributed by atoms with E-state index < -0.39 is 0 Å². The second-order valence-corrected chi connectivity index (χ2v) is 2.45. The van der Waals surface area contributed by atoms with Crippen molar-refractivity contribution in [2.75, 3.05) is 0 Å². The van der Waals surface area contributed by atoms with Crippen LogP contribution < -0.4 is 5.43 Å². The molecule has 0 aromatic rings. The van der Waals surface area contributed by atoms with Crippen LogP contribution in [-0.4, -0.2) is 23.4 Å². The lowest BCUT2D eigenvalue weighted by atomic mass is 10.3. The van der Waals surface area contributed by atoms with Gasteiger partial charge in [-0.05, 0) is 13.8 Å². The Bertz CT molecular complexity index is 179. The van der Waals surface area contributed by atoms with Crippen LogP contribution in [0.2, 0.25) is 0 Å². The summed E-state index contributed by atoms with van der Waals surface area (Å²) >= 11 is 0. The fourth-order valence-corrected chi connectivity index (χ4v) is 0.831. The number of nitrogens with zero attached hydrogens (tertiary/aromatic N) is 3. The van der Waals surface area contributed by atoms with Crippen molar-refractivity contribution in [3.8, 4) is 6.07 Å². The monoisotopic (exact) mass is 138 g/mol. The minimum atomic E-state index is -0.278. The number of nitrogens with one attached hydrogen (secondary N) is 1. The zero-order valence-electron chi connectivity index (χ0n) is 6.07. The van der Waals surface area contributed by atoms with Crippen LogP contribution in [0.25, 0.3) is 0 Å². The van der Waals surface area contributed by atoms with Crippen LogP contribution in [0.1, 0.15) is 13.8 Å². The van der Waals surface area contributed by atoms with E-state index in [1.807, 2.05) is 18.7 Å². The smallest absolute Gasteiger partial charge is 0.205 e. The van der Waals surface area contributed by atoms with Crippen LogP contribution in [0, 0.1) is 11.3 Å². The van der Waals surface area contributed by atoms with Gasteiger partial charge in [-0.25, -0.2) is 0 Å². The summed E-state index contributed by atoms with van der Waals surface area (Å²) in [7, 11) is 0. The highest BCUT2D eigenvalue weighted by molar-refractivity contribution is 5.58. The topological polar surface area (TPSA) is 51.4 Å². The molecule has 1 rings (SSSR count). The van der Waals surface area contributed by atoms with Gasteiger partial charge in [0.15, 0.2) is 0 Å². The van der Waals surface area contributed by atoms with E-state index in [1.54, 1.807) is 6.34 Å². The van der Waals surface area contributed by atoms with Crippen molar-refractivity contribution in [2.24, 2.45) is 5.10 Å². The van der Waals surface area contributed by atoms with Gasteiger partial charge in [0.05, 0.1) is 0 Å². The molecule has 0 aromatic heterocycles. The zero-order chi connectivity index (χ0) is 7.56. The Morgan fingerprint density at radius 3 is 2.90 bits per heavy atom. The molecule has 10 heavy (non-hydrogen) atoms. The van der Waals surface area contributed by atoms with Gasteiger partial charge in [0.2, 0.25) is 6.17 Å². The Morgan fingerprint density at radius 2 is 2.50 bits per heavy atom. The third kappa shape index (κ3) is 1.03. The SMILES string of the molecule is CC(C)N1C=NNC1C#N. The molecule has 0 aliphatic carbocycles. The molecule has 1 aliphatic rings. The third-order valence-corrected chi connectivity index (χ3v) is 1.40. The van der Waals surface area contributed by atoms with Crippen molar-refractivity contribution in [1.82, 2.24) is 10.3 Å². The summed E-state index contributed by atoms with van der Waals surface area (Å²) in [5, 5.41) is 12.3. The molecule has 0 saturated carbocycles. The lowest BCUT2D eigenvalue weighted by Crippen LogP contribution is -2.39. The molecule has 1 heterocycles. The van der Waals surface area contributed by atoms with Gasteiger partial charge in [-0.3, -0.25) is 5.43 Å². The highest BCUT2D eigenvalue weighted by Gasteiger charge is 2.20. The molecule has 1 N–H and O–H groups in total. The van der Waals surface area contributed by atoms with Crippen molar-refractivity contribution in [3.63, 3.8) is 0 Å². The largest absolute Gasteiger partial charge is 0.325 e. The Labute approximate surface area is 60.1 Å². The highest BCUT2D eigenvalue weighted by atomic mass is 15.5. The van der Waals surface area contributed by atoms with Gasteiger partial charge in [0.25, 0.3) is 0 Å². The average molecular weight is 138 g/mol. The predicted molar refractivity (Wildman–Crippen MR) is 38.0 cm³/mol. The molecule has 4 nitrogen and oxygen atoms in total. The van der Waals surface area contributed by atoms with Gasteiger partial charge >= 0.3 is 0 Å². The minimum absolute atomic E-state index is 0.278. The molecule has 0 saturated heterocycles. The normalized spacial score (nSPS) is 23.0. The molecule has 0 bridgehead atoms. The Kier molecular flexibility index (Phi) is 1.76. The molecule has 1 atom stereocenters. The summed E-state index contributed by atoms with van der Waals surface area (Å²) in [6, 6.07) is 2.41. The molecule has 0 aromatic carbocycles. The van der Waals surface area contributed by atoms with E-state index in [1.165, 1.54) is 0 Å². The first-order chi connectivity index (χ1) is 4.75. The van der Waals surface area contributed by atoms with Crippen LogP contribution in [0.5, 0.6) is 0 Å². The van der Waals surface area contributed by atoms with Gasteiger partial charge < -0.3 is 4.90 Å². The van der Waals surface area contributed by atoms with Crippen molar-refractivity contribution in [1.29, 1.82) is 5.26 Å². The maximum atomic E-state index is 8.55. The number of rotatable bonds is 1. The molecule has 0 radical (unpaired) electrons. The van der Waals surface area contributed by atoms with Crippen molar-refractivity contribution in [3.05, 3.63) is 0 Å². The van der Waals surface area contributed by atoms with Crippen LogP contribution >= 0.6 is 0 Å². The number of hydrogen-bond donors (Lipinski definition) is 1. The van der Waals surface area contributed by atoms with E-state index in [-0.39, 0.29) is 6.17 Å². The number of hydrogen-bond acceptors (Lipinski definition) is 4. The van der Waals surface area contributed by atoms with E-state index >= 15 is 0 Å². The fourth-order valence-electron chi connectivity index (χ4n) is 0.831. The van der Waals surface area contributed by atoms with Crippen molar-refractivity contribution >= 4 is 6.34 Å². The molecule has 1 unspecified atom stereocenters. The molecule has 0 amide bonds. The quantitative estimate of drug-likeness (QED) is 0.558. The Balaban J connectivity index is 2.59. The van der Waals surface area contributed by atoms with E-state index in [9.17, 15) is 0 Å². The molecule has 0 spiro atoms. The minimum Gasteiger partial charge on any atom is -0.325 e. The third-order valence-electron chi connectivity index (χ3n) is 1.40. The summed E-state index contributed by atoms with van der Waals surface area (Å²) in [6.07, 6.45) is 1.37. The summed E-state index contributed by atoms with van der Waals surface area (Å²) in [4.78, 5) is 1.86. The van der Waals surface area contributed by atoms with Gasteiger partial charge in [-0.15, -0.1) is 0 Å². The van der Waals surface area contributed by atoms with Gasteiger partial charge in [0.1, 0.15) is 12.4 Å². The first-order valence-corrected chi connectivity index (χ1v) is 3.21. The summed E-state index contributed by atoms with van der Waals surface area (Å²) < 4.78 is 0. The first-order valence-electron chi connectivity index (χ1n) is 3.21. The van der Waals surface area contributed by atoms with Crippen LogP contribution in [-0.2, 0) is 0 Å². The maximum Gasteiger partial charge on any atom is 0.205 e. The second-order valence-electron chi connectivity index (χ2n) is 2.45. The molecule has 1 aliphatic heterocycles. The first kappa shape index (κ1) is 6.87. The number of hydrazone groups is 1. The van der Waals surface area contributed by atoms with Gasteiger partial charge in [-0.1, -0.05) is 0 Å². The fraction of sp³-hybridized carbons (Fsp3) is 0.667. The lowest BCUT2D eigenvalue weighted by Gasteiger charge is -2.21. The molecular formula is C6H10N4. The standard InChI is InChI=1S/C6H10N4/c1-5(2)10-4-8-9-6(10)3-7/h4-6,9H,1-2H3. The van der Waals surface area contributed by atoms with Crippen LogP contribution in [0.15, 0.2) is 5.10 Å². The van der Waals surface area contributed by atoms with E-state index in [4.69, 9.17) is 5.26 Å². The zero-order valence-corrected chi connectivity index (χ0v) is 6.07. The van der Waals surface area contributed by atoms with Crippen molar-refractivity contribution in [2.45, 2.75) is 26.1 Å². The van der Waals surface area contributed by atoms with E-state index in [0.717, 1.165) is 0 Å². The van der Waals surface area contributed by atoms with Gasteiger partial charge in [-0.2, -0.15) is 10.4 Å².